The number of unbranched alkanes of at least 4 members (excludes halogenated alkanes) is 1. The van der Waals surface area contributed by atoms with Crippen LogP contribution in [0.1, 0.15) is 12.8 Å². The largest absolute Gasteiger partial charge is 0.359 e. The van der Waals surface area contributed by atoms with Crippen molar-refractivity contribution in [2.45, 2.75) is 19.4 Å². The van der Waals surface area contributed by atoms with Gasteiger partial charge in [-0.15, -0.1) is 0 Å². The first kappa shape index (κ1) is 11.1. The molecule has 1 rings (SSSR count). The lowest BCUT2D eigenvalue weighted by atomic mass is 10.3. The van der Waals surface area contributed by atoms with E-state index in [-0.39, 0.29) is 0 Å². The van der Waals surface area contributed by atoms with Crippen LogP contribution in [0.15, 0.2) is 30.6 Å². The summed E-state index contributed by atoms with van der Waals surface area (Å²) in [5, 5.41) is 0. The van der Waals surface area contributed by atoms with Gasteiger partial charge in [0, 0.05) is 32.3 Å². The van der Waals surface area contributed by atoms with Gasteiger partial charge in [0.05, 0.1) is 0 Å². The van der Waals surface area contributed by atoms with Crippen molar-refractivity contribution in [3.8, 4) is 0 Å². The second-order valence-electron chi connectivity index (χ2n) is 3.14. The zero-order valence-corrected chi connectivity index (χ0v) is 8.69. The third-order valence-corrected chi connectivity index (χ3v) is 1.93. The number of pyridine rings is 1. The average Bonchev–Trinajstić information content (AvgIpc) is 2.25. The van der Waals surface area contributed by atoms with Crippen LogP contribution in [0.25, 0.3) is 0 Å². The van der Waals surface area contributed by atoms with Crippen LogP contribution in [0.2, 0.25) is 0 Å². The standard InChI is InChI=1S/C11H18NO2/c1-13-11-14-10-6-5-9-12-7-3-2-4-8-12/h2-4,7-8H,5-6,9-11H2,1H3/q+1. The molecule has 1 heterocycles. The second kappa shape index (κ2) is 7.47. The highest BCUT2D eigenvalue weighted by Gasteiger charge is 1.96. The van der Waals surface area contributed by atoms with Gasteiger partial charge < -0.3 is 9.47 Å². The zero-order chi connectivity index (χ0) is 10.1. The maximum Gasteiger partial charge on any atom is 0.168 e. The van der Waals surface area contributed by atoms with Gasteiger partial charge >= 0.3 is 0 Å². The third kappa shape index (κ3) is 4.94. The summed E-state index contributed by atoms with van der Waals surface area (Å²) < 4.78 is 12.1. The number of methoxy groups -OCH3 is 1. The summed E-state index contributed by atoms with van der Waals surface area (Å²) in [5.41, 5.74) is 0. The number of ether oxygens (including phenoxy) is 2. The summed E-state index contributed by atoms with van der Waals surface area (Å²) in [4.78, 5) is 0. The molecule has 3 heteroatoms. The molecule has 0 saturated heterocycles. The molecular weight excluding hydrogens is 178 g/mol. The Morgan fingerprint density at radius 3 is 2.57 bits per heavy atom. The van der Waals surface area contributed by atoms with E-state index in [1.807, 2.05) is 18.2 Å². The van der Waals surface area contributed by atoms with Crippen LogP contribution < -0.4 is 4.57 Å². The lowest BCUT2D eigenvalue weighted by molar-refractivity contribution is -0.697. The molecule has 14 heavy (non-hydrogen) atoms. The Kier molecular flexibility index (Phi) is 5.95. The van der Waals surface area contributed by atoms with Crippen molar-refractivity contribution in [3.05, 3.63) is 30.6 Å². The highest BCUT2D eigenvalue weighted by atomic mass is 16.7. The summed E-state index contributed by atoms with van der Waals surface area (Å²) in [6.07, 6.45) is 6.37. The Labute approximate surface area is 85.3 Å². The highest BCUT2D eigenvalue weighted by molar-refractivity contribution is 4.83. The zero-order valence-electron chi connectivity index (χ0n) is 8.69. The molecule has 78 valence electrons. The normalized spacial score (nSPS) is 10.4. The van der Waals surface area contributed by atoms with E-state index in [2.05, 4.69) is 17.0 Å². The lowest BCUT2D eigenvalue weighted by Crippen LogP contribution is -2.32. The van der Waals surface area contributed by atoms with Crippen LogP contribution in [0.4, 0.5) is 0 Å². The molecule has 0 amide bonds. The molecule has 0 radical (unpaired) electrons. The third-order valence-electron chi connectivity index (χ3n) is 1.93. The van der Waals surface area contributed by atoms with E-state index in [9.17, 15) is 0 Å². The minimum absolute atomic E-state index is 0.401. The molecular formula is C11H18NO2+. The van der Waals surface area contributed by atoms with Gasteiger partial charge in [0.2, 0.25) is 0 Å². The Morgan fingerprint density at radius 2 is 1.86 bits per heavy atom. The average molecular weight is 196 g/mol. The first-order valence-electron chi connectivity index (χ1n) is 4.94. The topological polar surface area (TPSA) is 22.3 Å². The number of nitrogens with zero attached hydrogens (tertiary/aromatic N) is 1. The van der Waals surface area contributed by atoms with Crippen LogP contribution in [0.3, 0.4) is 0 Å². The van der Waals surface area contributed by atoms with Crippen molar-refractivity contribution in [1.82, 2.24) is 0 Å². The van der Waals surface area contributed by atoms with Crippen molar-refractivity contribution in [1.29, 1.82) is 0 Å². The van der Waals surface area contributed by atoms with Crippen molar-refractivity contribution < 1.29 is 14.0 Å². The summed E-state index contributed by atoms with van der Waals surface area (Å²) in [6, 6.07) is 6.11. The Bertz CT molecular complexity index is 226. The Balaban J connectivity index is 1.99. The van der Waals surface area contributed by atoms with Gasteiger partial charge in [0.15, 0.2) is 12.4 Å². The Hall–Kier alpha value is -0.930. The SMILES string of the molecule is COCOCCCC[n+]1ccccc1. The predicted molar refractivity (Wildman–Crippen MR) is 53.7 cm³/mol. The number of hydrogen-bond acceptors (Lipinski definition) is 2. The van der Waals surface area contributed by atoms with Gasteiger partial charge in [0.1, 0.15) is 13.3 Å². The van der Waals surface area contributed by atoms with Gasteiger partial charge in [-0.25, -0.2) is 4.57 Å². The summed E-state index contributed by atoms with van der Waals surface area (Å²) in [5.74, 6) is 0. The predicted octanol–water partition coefficient (Wildman–Crippen LogP) is 1.37. The van der Waals surface area contributed by atoms with Crippen molar-refractivity contribution in [3.63, 3.8) is 0 Å². The summed E-state index contributed by atoms with van der Waals surface area (Å²) in [7, 11) is 1.64. The van der Waals surface area contributed by atoms with Crippen molar-refractivity contribution >= 4 is 0 Å². The molecule has 0 atom stereocenters. The highest BCUT2D eigenvalue weighted by Crippen LogP contribution is 1.90. The van der Waals surface area contributed by atoms with E-state index in [4.69, 9.17) is 9.47 Å². The van der Waals surface area contributed by atoms with Crippen LogP contribution in [0, 0.1) is 0 Å². The molecule has 0 aliphatic heterocycles. The number of aromatic nitrogens is 1. The molecule has 0 aliphatic rings. The molecule has 0 unspecified atom stereocenters. The maximum atomic E-state index is 5.19. The molecule has 0 aromatic carbocycles. The molecule has 0 fully saturated rings. The van der Waals surface area contributed by atoms with Crippen molar-refractivity contribution in [2.24, 2.45) is 0 Å². The van der Waals surface area contributed by atoms with Crippen LogP contribution in [-0.2, 0) is 16.0 Å². The summed E-state index contributed by atoms with van der Waals surface area (Å²) in [6.45, 7) is 2.23. The molecule has 0 aliphatic carbocycles. The van der Waals surface area contributed by atoms with E-state index < -0.39 is 0 Å². The van der Waals surface area contributed by atoms with Crippen LogP contribution >= 0.6 is 0 Å². The fraction of sp³-hybridized carbons (Fsp3) is 0.545. The van der Waals surface area contributed by atoms with E-state index in [1.54, 1.807) is 7.11 Å². The fourth-order valence-electron chi connectivity index (χ4n) is 1.22. The smallest absolute Gasteiger partial charge is 0.168 e. The minimum Gasteiger partial charge on any atom is -0.359 e. The second-order valence-corrected chi connectivity index (χ2v) is 3.14. The quantitative estimate of drug-likeness (QED) is 0.373. The van der Waals surface area contributed by atoms with Gasteiger partial charge in [-0.2, -0.15) is 0 Å². The Morgan fingerprint density at radius 1 is 1.07 bits per heavy atom. The number of rotatable bonds is 7. The lowest BCUT2D eigenvalue weighted by Gasteiger charge is -2.00. The molecule has 0 N–H and O–H groups in total. The molecule has 0 saturated carbocycles. The number of hydrogen-bond donors (Lipinski definition) is 0. The molecule has 1 aromatic rings. The molecule has 0 bridgehead atoms. The van der Waals surface area contributed by atoms with Crippen molar-refractivity contribution in [2.75, 3.05) is 20.5 Å². The van der Waals surface area contributed by atoms with E-state index in [1.165, 1.54) is 0 Å². The van der Waals surface area contributed by atoms with Crippen LogP contribution in [-0.4, -0.2) is 20.5 Å². The maximum absolute atomic E-state index is 5.19. The van der Waals surface area contributed by atoms with Crippen LogP contribution in [0.5, 0.6) is 0 Å². The van der Waals surface area contributed by atoms with Gasteiger partial charge in [0.25, 0.3) is 0 Å². The van der Waals surface area contributed by atoms with E-state index >= 15 is 0 Å². The number of aryl methyl sites for hydroxylation is 1. The molecule has 1 aromatic heterocycles. The van der Waals surface area contributed by atoms with Gasteiger partial charge in [-0.1, -0.05) is 6.07 Å². The molecule has 0 spiro atoms. The first-order valence-corrected chi connectivity index (χ1v) is 4.94. The van der Waals surface area contributed by atoms with E-state index in [0.717, 1.165) is 26.0 Å². The molecule has 3 nitrogen and oxygen atoms in total. The summed E-state index contributed by atoms with van der Waals surface area (Å²) >= 11 is 0. The minimum atomic E-state index is 0.401. The fourth-order valence-corrected chi connectivity index (χ4v) is 1.22. The monoisotopic (exact) mass is 196 g/mol. The van der Waals surface area contributed by atoms with E-state index in [0.29, 0.717) is 6.79 Å². The first-order chi connectivity index (χ1) is 6.93. The van der Waals surface area contributed by atoms with Gasteiger partial charge in [-0.05, 0) is 6.42 Å². The van der Waals surface area contributed by atoms with Gasteiger partial charge in [-0.3, -0.25) is 0 Å².